The van der Waals surface area contributed by atoms with E-state index in [1.165, 1.54) is 14.0 Å². The molecule has 0 radical (unpaired) electrons. The first-order chi connectivity index (χ1) is 7.47. The number of carbonyl (C=O) groups excluding carboxylic acids is 3. The van der Waals surface area contributed by atoms with Crippen molar-refractivity contribution in [1.29, 1.82) is 0 Å². The first kappa shape index (κ1) is 12.7. The SMILES string of the molecule is CCOC(=O)[C@]1(C)CC[C@H](C(=O)OC)C1=O. The van der Waals surface area contributed by atoms with Gasteiger partial charge in [0, 0.05) is 0 Å². The number of rotatable bonds is 3. The smallest absolute Gasteiger partial charge is 0.319 e. The molecule has 0 aromatic rings. The summed E-state index contributed by atoms with van der Waals surface area (Å²) in [5.41, 5.74) is -1.19. The van der Waals surface area contributed by atoms with Crippen LogP contribution in [-0.2, 0) is 23.9 Å². The Kier molecular flexibility index (Phi) is 3.67. The summed E-state index contributed by atoms with van der Waals surface area (Å²) < 4.78 is 9.37. The highest BCUT2D eigenvalue weighted by molar-refractivity contribution is 6.13. The van der Waals surface area contributed by atoms with Crippen LogP contribution in [-0.4, -0.2) is 31.4 Å². The molecule has 0 saturated heterocycles. The molecule has 0 aliphatic heterocycles. The number of ketones is 1. The summed E-state index contributed by atoms with van der Waals surface area (Å²) in [7, 11) is 1.23. The van der Waals surface area contributed by atoms with Crippen LogP contribution >= 0.6 is 0 Å². The number of Topliss-reactive ketones (excluding diaryl/α,β-unsaturated/α-hetero) is 1. The number of carbonyl (C=O) groups is 3. The number of ether oxygens (including phenoxy) is 2. The van der Waals surface area contributed by atoms with Crippen LogP contribution in [0.5, 0.6) is 0 Å². The maximum Gasteiger partial charge on any atom is 0.319 e. The first-order valence-corrected chi connectivity index (χ1v) is 5.26. The van der Waals surface area contributed by atoms with Gasteiger partial charge in [0.05, 0.1) is 13.7 Å². The third-order valence-electron chi connectivity index (χ3n) is 3.00. The molecule has 0 spiro atoms. The van der Waals surface area contributed by atoms with Crippen LogP contribution in [0.15, 0.2) is 0 Å². The van der Waals surface area contributed by atoms with Crippen LogP contribution in [0.25, 0.3) is 0 Å². The van der Waals surface area contributed by atoms with Gasteiger partial charge in [-0.1, -0.05) is 0 Å². The highest BCUT2D eigenvalue weighted by Gasteiger charge is 2.53. The predicted molar refractivity (Wildman–Crippen MR) is 54.5 cm³/mol. The molecule has 5 heteroatoms. The van der Waals surface area contributed by atoms with E-state index in [1.54, 1.807) is 6.92 Å². The molecule has 1 aliphatic carbocycles. The lowest BCUT2D eigenvalue weighted by molar-refractivity contribution is -0.159. The summed E-state index contributed by atoms with van der Waals surface area (Å²) in [5.74, 6) is -2.33. The Hall–Kier alpha value is -1.39. The average molecular weight is 228 g/mol. The maximum absolute atomic E-state index is 11.9. The van der Waals surface area contributed by atoms with Crippen molar-refractivity contribution in [2.24, 2.45) is 11.3 Å². The molecule has 0 aromatic heterocycles. The van der Waals surface area contributed by atoms with Gasteiger partial charge in [-0.05, 0) is 26.7 Å². The number of hydrogen-bond donors (Lipinski definition) is 0. The largest absolute Gasteiger partial charge is 0.468 e. The van der Waals surface area contributed by atoms with Gasteiger partial charge in [-0.25, -0.2) is 0 Å². The summed E-state index contributed by atoms with van der Waals surface area (Å²) in [6.45, 7) is 3.43. The van der Waals surface area contributed by atoms with Gasteiger partial charge in [-0.3, -0.25) is 14.4 Å². The van der Waals surface area contributed by atoms with Gasteiger partial charge in [0.2, 0.25) is 0 Å². The molecule has 0 unspecified atom stereocenters. The van der Waals surface area contributed by atoms with E-state index >= 15 is 0 Å². The van der Waals surface area contributed by atoms with Crippen molar-refractivity contribution in [2.75, 3.05) is 13.7 Å². The van der Waals surface area contributed by atoms with Crippen LogP contribution in [0.3, 0.4) is 0 Å². The van der Waals surface area contributed by atoms with Gasteiger partial charge in [0.25, 0.3) is 0 Å². The van der Waals surface area contributed by atoms with Crippen LogP contribution < -0.4 is 0 Å². The Labute approximate surface area is 94.1 Å². The Bertz CT molecular complexity index is 322. The molecule has 90 valence electrons. The van der Waals surface area contributed by atoms with Crippen molar-refractivity contribution in [3.63, 3.8) is 0 Å². The average Bonchev–Trinajstić information content (AvgIpc) is 2.57. The molecule has 16 heavy (non-hydrogen) atoms. The zero-order chi connectivity index (χ0) is 12.3. The van der Waals surface area contributed by atoms with Gasteiger partial charge in [-0.2, -0.15) is 0 Å². The van der Waals surface area contributed by atoms with E-state index in [4.69, 9.17) is 4.74 Å². The zero-order valence-electron chi connectivity index (χ0n) is 9.74. The Balaban J connectivity index is 2.83. The third-order valence-corrected chi connectivity index (χ3v) is 3.00. The summed E-state index contributed by atoms with van der Waals surface area (Å²) in [6, 6.07) is 0. The normalized spacial score (nSPS) is 28.9. The minimum atomic E-state index is -1.19. The first-order valence-electron chi connectivity index (χ1n) is 5.26. The lowest BCUT2D eigenvalue weighted by Gasteiger charge is -2.19. The minimum absolute atomic E-state index is 0.227. The van der Waals surface area contributed by atoms with Crippen molar-refractivity contribution < 1.29 is 23.9 Å². The van der Waals surface area contributed by atoms with Crippen molar-refractivity contribution in [1.82, 2.24) is 0 Å². The molecule has 1 saturated carbocycles. The Morgan fingerprint density at radius 3 is 2.62 bits per heavy atom. The van der Waals surface area contributed by atoms with E-state index in [1.807, 2.05) is 0 Å². The highest BCUT2D eigenvalue weighted by atomic mass is 16.5. The molecule has 1 fully saturated rings. The van der Waals surface area contributed by atoms with Crippen molar-refractivity contribution in [2.45, 2.75) is 26.7 Å². The molecule has 0 bridgehead atoms. The molecule has 0 amide bonds. The fourth-order valence-electron chi connectivity index (χ4n) is 1.93. The molecule has 1 aliphatic rings. The van der Waals surface area contributed by atoms with Crippen LogP contribution in [0.4, 0.5) is 0 Å². The van der Waals surface area contributed by atoms with Gasteiger partial charge in [0.1, 0.15) is 11.3 Å². The van der Waals surface area contributed by atoms with Gasteiger partial charge < -0.3 is 9.47 Å². The quantitative estimate of drug-likeness (QED) is 0.525. The summed E-state index contributed by atoms with van der Waals surface area (Å²) in [4.78, 5) is 34.9. The van der Waals surface area contributed by atoms with Crippen LogP contribution in [0, 0.1) is 11.3 Å². The second-order valence-corrected chi connectivity index (χ2v) is 4.03. The fourth-order valence-corrected chi connectivity index (χ4v) is 1.93. The number of methoxy groups -OCH3 is 1. The molecule has 2 atom stereocenters. The van der Waals surface area contributed by atoms with Crippen molar-refractivity contribution in [3.8, 4) is 0 Å². The molecular weight excluding hydrogens is 212 g/mol. The van der Waals surface area contributed by atoms with E-state index in [0.717, 1.165) is 0 Å². The van der Waals surface area contributed by atoms with Crippen molar-refractivity contribution in [3.05, 3.63) is 0 Å². The van der Waals surface area contributed by atoms with E-state index in [2.05, 4.69) is 4.74 Å². The molecule has 1 rings (SSSR count). The number of hydrogen-bond acceptors (Lipinski definition) is 5. The lowest BCUT2D eigenvalue weighted by Crippen LogP contribution is -2.37. The Morgan fingerprint density at radius 2 is 2.12 bits per heavy atom. The lowest BCUT2D eigenvalue weighted by atomic mass is 9.86. The summed E-state index contributed by atoms with van der Waals surface area (Å²) in [5, 5.41) is 0. The van der Waals surface area contributed by atoms with Crippen LogP contribution in [0.1, 0.15) is 26.7 Å². The van der Waals surface area contributed by atoms with E-state index < -0.39 is 29.1 Å². The molecule has 0 N–H and O–H groups in total. The van der Waals surface area contributed by atoms with Crippen molar-refractivity contribution >= 4 is 17.7 Å². The van der Waals surface area contributed by atoms with E-state index in [0.29, 0.717) is 12.8 Å². The third kappa shape index (κ3) is 1.94. The summed E-state index contributed by atoms with van der Waals surface area (Å²) in [6.07, 6.45) is 0.686. The molecule has 5 nitrogen and oxygen atoms in total. The molecule has 0 heterocycles. The minimum Gasteiger partial charge on any atom is -0.468 e. The second-order valence-electron chi connectivity index (χ2n) is 4.03. The highest BCUT2D eigenvalue weighted by Crippen LogP contribution is 2.39. The molecular formula is C11H16O5. The van der Waals surface area contributed by atoms with E-state index in [-0.39, 0.29) is 6.61 Å². The second kappa shape index (κ2) is 4.63. The van der Waals surface area contributed by atoms with Gasteiger partial charge in [0.15, 0.2) is 5.78 Å². The van der Waals surface area contributed by atoms with E-state index in [9.17, 15) is 14.4 Å². The predicted octanol–water partition coefficient (Wildman–Crippen LogP) is 0.708. The van der Waals surface area contributed by atoms with Gasteiger partial charge >= 0.3 is 11.9 Å². The zero-order valence-corrected chi connectivity index (χ0v) is 9.74. The fraction of sp³-hybridized carbons (Fsp3) is 0.727. The number of esters is 2. The summed E-state index contributed by atoms with van der Waals surface area (Å²) >= 11 is 0. The van der Waals surface area contributed by atoms with Gasteiger partial charge in [-0.15, -0.1) is 0 Å². The maximum atomic E-state index is 11.9. The molecule has 0 aromatic carbocycles. The monoisotopic (exact) mass is 228 g/mol. The Morgan fingerprint density at radius 1 is 1.50 bits per heavy atom. The van der Waals surface area contributed by atoms with Crippen LogP contribution in [0.2, 0.25) is 0 Å². The standard InChI is InChI=1S/C11H16O5/c1-4-16-10(14)11(2)6-5-7(8(11)12)9(13)15-3/h7H,4-6H2,1-3H3/t7-,11+/m0/s1. The topological polar surface area (TPSA) is 69.7 Å².